The Kier molecular flexibility index (Phi) is 11.9. The summed E-state index contributed by atoms with van der Waals surface area (Å²) in [5.74, 6) is 4.61. The highest BCUT2D eigenvalue weighted by atomic mass is 16.5. The number of fused-ring (bicyclic) bond motifs is 1. The molecule has 50 heavy (non-hydrogen) atoms. The van der Waals surface area contributed by atoms with E-state index in [1.165, 1.54) is 15.3 Å². The Hall–Kier alpha value is -6.04. The first-order chi connectivity index (χ1) is 24.3. The molecule has 0 radical (unpaired) electrons. The molecule has 0 aliphatic carbocycles. The van der Waals surface area contributed by atoms with Gasteiger partial charge in [-0.15, -0.1) is 0 Å². The number of nitrogens with one attached hydrogen (secondary N) is 3. The van der Waals surface area contributed by atoms with Crippen molar-refractivity contribution in [2.24, 2.45) is 7.05 Å². The van der Waals surface area contributed by atoms with Gasteiger partial charge in [-0.25, -0.2) is 14.6 Å². The van der Waals surface area contributed by atoms with E-state index >= 15 is 0 Å². The molecule has 2 aromatic carbocycles. The van der Waals surface area contributed by atoms with Gasteiger partial charge in [0.1, 0.15) is 30.6 Å². The Morgan fingerprint density at radius 2 is 1.92 bits per heavy atom. The first kappa shape index (κ1) is 35.3. The number of hydrogen-bond donors (Lipinski definition) is 4. The predicted molar refractivity (Wildman–Crippen MR) is 186 cm³/mol. The largest absolute Gasteiger partial charge is 0.457 e. The number of anilines is 1. The van der Waals surface area contributed by atoms with Crippen LogP contribution in [0.3, 0.4) is 0 Å². The summed E-state index contributed by atoms with van der Waals surface area (Å²) in [6.07, 6.45) is 4.68. The van der Waals surface area contributed by atoms with Crippen LogP contribution in [-0.2, 0) is 37.5 Å². The molecule has 14 heteroatoms. The number of aryl methyl sites for hydroxylation is 1. The van der Waals surface area contributed by atoms with Crippen LogP contribution in [0.25, 0.3) is 16.6 Å². The summed E-state index contributed by atoms with van der Waals surface area (Å²) >= 11 is 0. The maximum Gasteiger partial charge on any atom is 0.342 e. The molecule has 5 N–H and O–H groups in total. The van der Waals surface area contributed by atoms with Gasteiger partial charge in [-0.05, 0) is 30.2 Å². The van der Waals surface area contributed by atoms with E-state index < -0.39 is 17.9 Å². The average Bonchev–Trinajstić information content (AvgIpc) is 3.37. The summed E-state index contributed by atoms with van der Waals surface area (Å²) in [5, 5.41) is 13.2. The predicted octanol–water partition coefficient (Wildman–Crippen LogP) is 2.32. The monoisotopic (exact) mass is 679 g/mol. The van der Waals surface area contributed by atoms with Gasteiger partial charge >= 0.3 is 11.7 Å². The van der Waals surface area contributed by atoms with Crippen LogP contribution in [0.1, 0.15) is 45.9 Å². The summed E-state index contributed by atoms with van der Waals surface area (Å²) in [6.45, 7) is 1.70. The number of nitrogens with zero attached hydrogens (tertiary/aromatic N) is 3. The Morgan fingerprint density at radius 1 is 1.12 bits per heavy atom. The van der Waals surface area contributed by atoms with Crippen LogP contribution in [0.15, 0.2) is 71.8 Å². The lowest BCUT2D eigenvalue weighted by atomic mass is 10.1. The SMILES string of the molecule is Cn1c(=O)n(C2CCC(=O)NC2=O)c2cccc(C#CCOCCOCCN/C=C(\C=N)c3cnc(N)c(C(=O)OCc4ccccc4)c3)c21. The Labute approximate surface area is 287 Å². The number of carbonyl (C=O) groups excluding carboxylic acids is 3. The van der Waals surface area contributed by atoms with Gasteiger partial charge in [0.25, 0.3) is 0 Å². The number of nitrogen functional groups attached to an aromatic ring is 1. The van der Waals surface area contributed by atoms with Crippen molar-refractivity contribution in [2.75, 3.05) is 38.7 Å². The maximum absolute atomic E-state index is 13.1. The zero-order valence-electron chi connectivity index (χ0n) is 27.4. The number of aromatic nitrogens is 3. The fraction of sp³-hybridized carbons (Fsp3) is 0.278. The van der Waals surface area contributed by atoms with Crippen LogP contribution < -0.4 is 22.1 Å². The molecule has 1 saturated heterocycles. The minimum atomic E-state index is -0.767. The normalized spacial score (nSPS) is 14.5. The van der Waals surface area contributed by atoms with Crippen molar-refractivity contribution in [3.63, 3.8) is 0 Å². The lowest BCUT2D eigenvalue weighted by molar-refractivity contribution is -0.135. The van der Waals surface area contributed by atoms with Crippen molar-refractivity contribution >= 4 is 46.4 Å². The third-order valence-electron chi connectivity index (χ3n) is 7.88. The molecule has 0 spiro atoms. The molecule has 0 saturated carbocycles. The van der Waals surface area contributed by atoms with E-state index in [0.717, 1.165) is 11.8 Å². The first-order valence-corrected chi connectivity index (χ1v) is 15.9. The van der Waals surface area contributed by atoms with Crippen LogP contribution in [0.2, 0.25) is 0 Å². The van der Waals surface area contributed by atoms with Crippen molar-refractivity contribution in [1.82, 2.24) is 24.8 Å². The number of carbonyl (C=O) groups is 3. The highest BCUT2D eigenvalue weighted by Gasteiger charge is 2.31. The van der Waals surface area contributed by atoms with Gasteiger partial charge < -0.3 is 30.7 Å². The molecule has 14 nitrogen and oxygen atoms in total. The van der Waals surface area contributed by atoms with Crippen molar-refractivity contribution < 1.29 is 28.6 Å². The van der Waals surface area contributed by atoms with Gasteiger partial charge in [-0.1, -0.05) is 48.2 Å². The van der Waals surface area contributed by atoms with E-state index in [0.29, 0.717) is 54.1 Å². The molecule has 5 rings (SSSR count). The van der Waals surface area contributed by atoms with Crippen LogP contribution in [-0.4, -0.2) is 71.1 Å². The third-order valence-corrected chi connectivity index (χ3v) is 7.88. The van der Waals surface area contributed by atoms with E-state index in [-0.39, 0.29) is 49.0 Å². The highest BCUT2D eigenvalue weighted by Crippen LogP contribution is 2.24. The second kappa shape index (κ2) is 16.9. The van der Waals surface area contributed by atoms with Gasteiger partial charge in [0, 0.05) is 49.8 Å². The van der Waals surface area contributed by atoms with Crippen LogP contribution in [0.5, 0.6) is 0 Å². The standard InChI is InChI=1S/C36H37N7O7/c1-42-32-25(9-5-11-29(32)43(36(42)47)30-12-13-31(44)41-34(30)45)10-6-15-48-17-18-49-16-14-39-21-27(20-37)26-19-28(33(38)40-22-26)35(46)50-23-24-7-3-2-4-8-24/h2-5,7-9,11,19-22,30,37,39H,12-18,23H2,1H3,(H2,38,40)(H,41,44,45)/b27-21+,37-20?. The molecule has 0 bridgehead atoms. The number of hydrogen-bond acceptors (Lipinski definition) is 11. The highest BCUT2D eigenvalue weighted by molar-refractivity contribution is 6.09. The fourth-order valence-corrected chi connectivity index (χ4v) is 5.36. The zero-order chi connectivity index (χ0) is 35.5. The van der Waals surface area contributed by atoms with E-state index in [1.807, 2.05) is 30.3 Å². The van der Waals surface area contributed by atoms with E-state index in [4.69, 9.17) is 25.4 Å². The summed E-state index contributed by atoms with van der Waals surface area (Å²) in [6, 6.07) is 15.4. The number of para-hydroxylation sites is 1. The molecule has 1 aliphatic rings. The van der Waals surface area contributed by atoms with E-state index in [9.17, 15) is 19.2 Å². The van der Waals surface area contributed by atoms with Gasteiger partial charge in [0.2, 0.25) is 11.8 Å². The van der Waals surface area contributed by atoms with Gasteiger partial charge in [-0.3, -0.25) is 24.0 Å². The molecule has 258 valence electrons. The third kappa shape index (κ3) is 8.51. The number of piperidine rings is 1. The van der Waals surface area contributed by atoms with Crippen LogP contribution in [0.4, 0.5) is 5.82 Å². The molecule has 3 heterocycles. The minimum Gasteiger partial charge on any atom is -0.457 e. The number of pyridine rings is 1. The number of amides is 2. The quantitative estimate of drug-likeness (QED) is 0.0506. The number of benzene rings is 2. The van der Waals surface area contributed by atoms with Gasteiger partial charge in [0.05, 0.1) is 36.4 Å². The molecule has 2 aromatic heterocycles. The van der Waals surface area contributed by atoms with E-state index in [1.54, 1.807) is 37.5 Å². The summed E-state index contributed by atoms with van der Waals surface area (Å²) in [5.41, 5.74) is 9.32. The molecule has 1 aliphatic heterocycles. The van der Waals surface area contributed by atoms with Crippen molar-refractivity contribution in [3.8, 4) is 11.8 Å². The van der Waals surface area contributed by atoms with Crippen molar-refractivity contribution in [2.45, 2.75) is 25.5 Å². The number of imidazole rings is 1. The summed E-state index contributed by atoms with van der Waals surface area (Å²) in [7, 11) is 1.63. The average molecular weight is 680 g/mol. The number of ether oxygens (including phenoxy) is 3. The van der Waals surface area contributed by atoms with Crippen LogP contribution in [0, 0.1) is 17.3 Å². The smallest absolute Gasteiger partial charge is 0.342 e. The van der Waals surface area contributed by atoms with Crippen LogP contribution >= 0.6 is 0 Å². The maximum atomic E-state index is 13.1. The molecule has 1 atom stereocenters. The molecule has 2 amide bonds. The van der Waals surface area contributed by atoms with Crippen molar-refractivity contribution in [3.05, 3.63) is 99.7 Å². The first-order valence-electron chi connectivity index (χ1n) is 15.9. The number of allylic oxidation sites excluding steroid dienone is 1. The molecular weight excluding hydrogens is 642 g/mol. The Bertz CT molecular complexity index is 2040. The summed E-state index contributed by atoms with van der Waals surface area (Å²) in [4.78, 5) is 53.9. The molecule has 1 fully saturated rings. The second-order valence-electron chi connectivity index (χ2n) is 11.2. The number of nitrogens with two attached hydrogens (primary N) is 1. The minimum absolute atomic E-state index is 0.0386. The Morgan fingerprint density at radius 3 is 2.70 bits per heavy atom. The molecule has 4 aromatic rings. The number of imide groups is 1. The van der Waals surface area contributed by atoms with E-state index in [2.05, 4.69) is 27.5 Å². The number of esters is 1. The summed E-state index contributed by atoms with van der Waals surface area (Å²) < 4.78 is 19.4. The second-order valence-corrected chi connectivity index (χ2v) is 11.2. The zero-order valence-corrected chi connectivity index (χ0v) is 27.4. The molecule has 1 unspecified atom stereocenters. The lowest BCUT2D eigenvalue weighted by Crippen LogP contribution is -2.44. The Balaban J connectivity index is 1.05. The number of rotatable bonds is 14. The topological polar surface area (TPSA) is 193 Å². The fourth-order valence-electron chi connectivity index (χ4n) is 5.36. The molecular formula is C36H37N7O7. The van der Waals surface area contributed by atoms with Gasteiger partial charge in [0.15, 0.2) is 0 Å². The van der Waals surface area contributed by atoms with Crippen molar-refractivity contribution in [1.29, 1.82) is 5.41 Å². The lowest BCUT2D eigenvalue weighted by Gasteiger charge is -2.21. The van der Waals surface area contributed by atoms with Gasteiger partial charge in [-0.2, -0.15) is 0 Å².